The summed E-state index contributed by atoms with van der Waals surface area (Å²) in [7, 11) is 0. The summed E-state index contributed by atoms with van der Waals surface area (Å²) in [5.74, 6) is -0.235. The normalized spacial score (nSPS) is 11.8. The first-order valence-corrected chi connectivity index (χ1v) is 9.50. The number of anilines is 1. The number of pyridine rings is 1. The van der Waals surface area contributed by atoms with Crippen LogP contribution in [0.5, 0.6) is 0 Å². The molecule has 144 valence electrons. The molecule has 0 aliphatic rings. The van der Waals surface area contributed by atoms with Crippen molar-refractivity contribution in [3.8, 4) is 0 Å². The lowest BCUT2D eigenvalue weighted by Crippen LogP contribution is -2.14. The number of unbranched alkanes of at least 4 members (excludes halogenated alkanes) is 2. The third kappa shape index (κ3) is 6.20. The molecule has 1 aromatic carbocycles. The molecular weight excluding hydrogens is 340 g/mol. The number of esters is 1. The smallest absolute Gasteiger partial charge is 0.305 e. The summed E-state index contributed by atoms with van der Waals surface area (Å²) in [6.45, 7) is 6.08. The molecule has 0 radical (unpaired) electrons. The number of hydrogen-bond donors (Lipinski definition) is 1. The Kier molecular flexibility index (Phi) is 7.99. The van der Waals surface area contributed by atoms with Crippen molar-refractivity contribution in [1.82, 2.24) is 4.98 Å². The van der Waals surface area contributed by atoms with E-state index in [0.717, 1.165) is 53.4 Å². The Labute approximate surface area is 160 Å². The highest BCUT2D eigenvalue weighted by molar-refractivity contribution is 6.07. The molecule has 0 atom stereocenters. The first-order valence-electron chi connectivity index (χ1n) is 9.50. The molecule has 27 heavy (non-hydrogen) atoms. The summed E-state index contributed by atoms with van der Waals surface area (Å²) >= 11 is 0. The fraction of sp³-hybridized carbons (Fsp3) is 0.409. The van der Waals surface area contributed by atoms with Gasteiger partial charge in [-0.3, -0.25) is 14.6 Å². The van der Waals surface area contributed by atoms with E-state index in [-0.39, 0.29) is 11.9 Å². The predicted octanol–water partition coefficient (Wildman–Crippen LogP) is 5.02. The Morgan fingerprint density at radius 3 is 2.56 bits per heavy atom. The highest BCUT2D eigenvalue weighted by Crippen LogP contribution is 2.22. The van der Waals surface area contributed by atoms with E-state index in [1.54, 1.807) is 6.20 Å². The van der Waals surface area contributed by atoms with Crippen molar-refractivity contribution >= 4 is 28.5 Å². The van der Waals surface area contributed by atoms with Crippen molar-refractivity contribution in [3.63, 3.8) is 0 Å². The summed E-state index contributed by atoms with van der Waals surface area (Å²) in [6.07, 6.45) is 5.74. The third-order valence-electron chi connectivity index (χ3n) is 4.60. The van der Waals surface area contributed by atoms with Crippen molar-refractivity contribution in [1.29, 1.82) is 0 Å². The van der Waals surface area contributed by atoms with Gasteiger partial charge in [-0.2, -0.15) is 0 Å². The van der Waals surface area contributed by atoms with Crippen LogP contribution in [0.2, 0.25) is 0 Å². The SMILES string of the molecule is CCOC(=O)CCCCC/C(C)=C(/C)C(=O)Nc1cccc2cccnc12. The molecule has 1 amide bonds. The van der Waals surface area contributed by atoms with Crippen LogP contribution in [0.1, 0.15) is 52.9 Å². The van der Waals surface area contributed by atoms with Crippen molar-refractivity contribution < 1.29 is 14.3 Å². The van der Waals surface area contributed by atoms with Gasteiger partial charge < -0.3 is 10.1 Å². The quantitative estimate of drug-likeness (QED) is 0.383. The van der Waals surface area contributed by atoms with Gasteiger partial charge >= 0.3 is 5.97 Å². The number of carbonyl (C=O) groups excluding carboxylic acids is 2. The zero-order valence-corrected chi connectivity index (χ0v) is 16.4. The number of allylic oxidation sites excluding steroid dienone is 1. The molecule has 0 aliphatic heterocycles. The maximum atomic E-state index is 12.6. The zero-order valence-electron chi connectivity index (χ0n) is 16.4. The Morgan fingerprint density at radius 2 is 1.78 bits per heavy atom. The monoisotopic (exact) mass is 368 g/mol. The standard InChI is InChI=1S/C22H28N2O3/c1-4-27-20(25)14-7-5-6-10-16(2)17(3)22(26)24-19-13-8-11-18-12-9-15-23-21(18)19/h8-9,11-13,15H,4-7,10,14H2,1-3H3,(H,24,26)/b17-16-. The maximum Gasteiger partial charge on any atom is 0.305 e. The lowest BCUT2D eigenvalue weighted by atomic mass is 10.0. The lowest BCUT2D eigenvalue weighted by Gasteiger charge is -2.11. The summed E-state index contributed by atoms with van der Waals surface area (Å²) < 4.78 is 4.92. The summed E-state index contributed by atoms with van der Waals surface area (Å²) in [5.41, 5.74) is 3.31. The van der Waals surface area contributed by atoms with Crippen LogP contribution in [-0.4, -0.2) is 23.5 Å². The molecular formula is C22H28N2O3. The molecule has 2 rings (SSSR count). The summed E-state index contributed by atoms with van der Waals surface area (Å²) in [5, 5.41) is 3.97. The van der Waals surface area contributed by atoms with E-state index in [9.17, 15) is 9.59 Å². The van der Waals surface area contributed by atoms with Crippen molar-refractivity contribution in [2.45, 2.75) is 52.9 Å². The second-order valence-electron chi connectivity index (χ2n) is 6.61. The lowest BCUT2D eigenvalue weighted by molar-refractivity contribution is -0.143. The van der Waals surface area contributed by atoms with Gasteiger partial charge in [0, 0.05) is 23.6 Å². The molecule has 1 N–H and O–H groups in total. The summed E-state index contributed by atoms with van der Waals surface area (Å²) in [6, 6.07) is 9.61. The van der Waals surface area contributed by atoms with Gasteiger partial charge in [-0.15, -0.1) is 0 Å². The van der Waals surface area contributed by atoms with E-state index in [4.69, 9.17) is 4.74 Å². The predicted molar refractivity (Wildman–Crippen MR) is 108 cm³/mol. The average molecular weight is 368 g/mol. The fourth-order valence-electron chi connectivity index (χ4n) is 2.87. The van der Waals surface area contributed by atoms with Gasteiger partial charge in [0.25, 0.3) is 5.91 Å². The minimum atomic E-state index is -0.135. The van der Waals surface area contributed by atoms with Gasteiger partial charge in [0.2, 0.25) is 0 Å². The average Bonchev–Trinajstić information content (AvgIpc) is 2.67. The molecule has 0 bridgehead atoms. The van der Waals surface area contributed by atoms with Crippen LogP contribution in [0.3, 0.4) is 0 Å². The highest BCUT2D eigenvalue weighted by Gasteiger charge is 2.11. The molecule has 2 aromatic rings. The van der Waals surface area contributed by atoms with Crippen LogP contribution >= 0.6 is 0 Å². The van der Waals surface area contributed by atoms with E-state index in [0.29, 0.717) is 13.0 Å². The second kappa shape index (κ2) is 10.5. The van der Waals surface area contributed by atoms with E-state index in [1.165, 1.54) is 0 Å². The van der Waals surface area contributed by atoms with Crippen molar-refractivity contribution in [2.75, 3.05) is 11.9 Å². The molecule has 0 aliphatic carbocycles. The Bertz CT molecular complexity index is 822. The Hall–Kier alpha value is -2.69. The molecule has 0 spiro atoms. The van der Waals surface area contributed by atoms with Gasteiger partial charge in [0.05, 0.1) is 17.8 Å². The van der Waals surface area contributed by atoms with Gasteiger partial charge in [0.1, 0.15) is 0 Å². The third-order valence-corrected chi connectivity index (χ3v) is 4.60. The number of carbonyl (C=O) groups is 2. The minimum Gasteiger partial charge on any atom is -0.466 e. The van der Waals surface area contributed by atoms with Gasteiger partial charge in [-0.1, -0.05) is 30.2 Å². The Morgan fingerprint density at radius 1 is 1.04 bits per heavy atom. The Balaban J connectivity index is 1.88. The van der Waals surface area contributed by atoms with Gasteiger partial charge in [-0.05, 0) is 52.2 Å². The number of hydrogen-bond acceptors (Lipinski definition) is 4. The number of ether oxygens (including phenoxy) is 1. The van der Waals surface area contributed by atoms with Crippen LogP contribution < -0.4 is 5.32 Å². The number of aromatic nitrogens is 1. The van der Waals surface area contributed by atoms with Crippen molar-refractivity contribution in [3.05, 3.63) is 47.7 Å². The van der Waals surface area contributed by atoms with E-state index in [2.05, 4.69) is 10.3 Å². The van der Waals surface area contributed by atoms with Crippen LogP contribution in [0.4, 0.5) is 5.69 Å². The summed E-state index contributed by atoms with van der Waals surface area (Å²) in [4.78, 5) is 28.3. The number of nitrogens with zero attached hydrogens (tertiary/aromatic N) is 1. The molecule has 5 nitrogen and oxygen atoms in total. The molecule has 5 heteroatoms. The molecule has 1 heterocycles. The number of fused-ring (bicyclic) bond motifs is 1. The second-order valence-corrected chi connectivity index (χ2v) is 6.61. The number of nitrogens with one attached hydrogen (secondary N) is 1. The van der Waals surface area contributed by atoms with Crippen LogP contribution in [0.15, 0.2) is 47.7 Å². The van der Waals surface area contributed by atoms with Crippen molar-refractivity contribution in [2.24, 2.45) is 0 Å². The molecule has 0 fully saturated rings. The number of benzene rings is 1. The molecule has 0 unspecified atom stereocenters. The van der Waals surface area contributed by atoms with E-state index >= 15 is 0 Å². The minimum absolute atomic E-state index is 0.0998. The first-order chi connectivity index (χ1) is 13.0. The molecule has 0 saturated carbocycles. The van der Waals surface area contributed by atoms with E-state index in [1.807, 2.05) is 51.1 Å². The van der Waals surface area contributed by atoms with Crippen LogP contribution in [0.25, 0.3) is 10.9 Å². The largest absolute Gasteiger partial charge is 0.466 e. The number of amides is 1. The number of para-hydroxylation sites is 1. The zero-order chi connectivity index (χ0) is 19.6. The first kappa shape index (κ1) is 20.6. The van der Waals surface area contributed by atoms with E-state index < -0.39 is 0 Å². The van der Waals surface area contributed by atoms with Gasteiger partial charge in [0.15, 0.2) is 0 Å². The maximum absolute atomic E-state index is 12.6. The van der Waals surface area contributed by atoms with Crippen LogP contribution in [-0.2, 0) is 14.3 Å². The molecule has 1 aromatic heterocycles. The highest BCUT2D eigenvalue weighted by atomic mass is 16.5. The van der Waals surface area contributed by atoms with Gasteiger partial charge in [-0.25, -0.2) is 0 Å². The number of rotatable bonds is 9. The van der Waals surface area contributed by atoms with Crippen LogP contribution in [0, 0.1) is 0 Å². The topological polar surface area (TPSA) is 68.3 Å². The molecule has 0 saturated heterocycles. The fourth-order valence-corrected chi connectivity index (χ4v) is 2.87.